The molecule has 134 valence electrons. The number of carbonyl (C=O) groups is 1. The normalized spacial score (nSPS) is 10.8. The molecule has 1 N–H and O–H groups in total. The summed E-state index contributed by atoms with van der Waals surface area (Å²) >= 11 is 0. The molecule has 0 saturated carbocycles. The topological polar surface area (TPSA) is 46.9 Å². The fraction of sp³-hybridized carbons (Fsp3) is 0.238. The van der Waals surface area contributed by atoms with Crippen LogP contribution in [-0.4, -0.2) is 15.7 Å². The Kier molecular flexibility index (Phi) is 5.16. The molecule has 26 heavy (non-hydrogen) atoms. The molecule has 5 heteroatoms. The number of carbonyl (C=O) groups excluding carboxylic acids is 1. The van der Waals surface area contributed by atoms with E-state index in [-0.39, 0.29) is 18.1 Å². The van der Waals surface area contributed by atoms with Crippen LogP contribution < -0.4 is 5.32 Å². The van der Waals surface area contributed by atoms with Gasteiger partial charge in [-0.05, 0) is 44.0 Å². The highest BCUT2D eigenvalue weighted by Gasteiger charge is 2.15. The van der Waals surface area contributed by atoms with E-state index in [1.54, 1.807) is 12.1 Å². The first kappa shape index (κ1) is 17.9. The lowest BCUT2D eigenvalue weighted by molar-refractivity contribution is -0.115. The van der Waals surface area contributed by atoms with E-state index in [1.165, 1.54) is 23.3 Å². The van der Waals surface area contributed by atoms with Gasteiger partial charge in [-0.3, -0.25) is 9.48 Å². The minimum absolute atomic E-state index is 0.141. The molecule has 0 unspecified atom stereocenters. The average Bonchev–Trinajstić information content (AvgIpc) is 2.84. The van der Waals surface area contributed by atoms with Crippen LogP contribution in [0.2, 0.25) is 0 Å². The standard InChI is InChI=1S/C21H22FN3O/c1-14-5-4-6-18(11-14)13-25-16(3)21(15(2)24-25)23-20(26)12-17-7-9-19(22)10-8-17/h4-11H,12-13H2,1-3H3,(H,23,26). The van der Waals surface area contributed by atoms with Gasteiger partial charge in [-0.2, -0.15) is 5.10 Å². The van der Waals surface area contributed by atoms with Gasteiger partial charge in [0.1, 0.15) is 5.82 Å². The Morgan fingerprint density at radius 1 is 1.08 bits per heavy atom. The number of aryl methyl sites for hydroxylation is 2. The Hall–Kier alpha value is -2.95. The van der Waals surface area contributed by atoms with Gasteiger partial charge in [0.05, 0.1) is 30.0 Å². The number of aromatic nitrogens is 2. The zero-order chi connectivity index (χ0) is 18.7. The summed E-state index contributed by atoms with van der Waals surface area (Å²) in [4.78, 5) is 12.3. The van der Waals surface area contributed by atoms with E-state index in [4.69, 9.17) is 0 Å². The molecule has 4 nitrogen and oxygen atoms in total. The third-order valence-electron chi connectivity index (χ3n) is 4.34. The van der Waals surface area contributed by atoms with Gasteiger partial charge in [0.15, 0.2) is 0 Å². The second kappa shape index (κ2) is 7.52. The molecule has 1 aromatic heterocycles. The van der Waals surface area contributed by atoms with Gasteiger partial charge in [0, 0.05) is 0 Å². The molecule has 0 radical (unpaired) electrons. The van der Waals surface area contributed by atoms with Crippen LogP contribution in [-0.2, 0) is 17.8 Å². The smallest absolute Gasteiger partial charge is 0.228 e. The molecule has 0 aliphatic carbocycles. The van der Waals surface area contributed by atoms with E-state index in [1.807, 2.05) is 24.6 Å². The van der Waals surface area contributed by atoms with Crippen molar-refractivity contribution >= 4 is 11.6 Å². The predicted octanol–water partition coefficient (Wildman–Crippen LogP) is 4.18. The van der Waals surface area contributed by atoms with Crippen LogP contribution in [0.5, 0.6) is 0 Å². The minimum Gasteiger partial charge on any atom is -0.323 e. The SMILES string of the molecule is Cc1cccc(Cn2nc(C)c(NC(=O)Cc3ccc(F)cc3)c2C)c1. The highest BCUT2D eigenvalue weighted by Crippen LogP contribution is 2.21. The largest absolute Gasteiger partial charge is 0.323 e. The van der Waals surface area contributed by atoms with Crippen LogP contribution in [0, 0.1) is 26.6 Å². The summed E-state index contributed by atoms with van der Waals surface area (Å²) in [7, 11) is 0. The Labute approximate surface area is 152 Å². The number of nitrogens with zero attached hydrogens (tertiary/aromatic N) is 2. The number of halogens is 1. The van der Waals surface area contributed by atoms with Gasteiger partial charge in [0.25, 0.3) is 0 Å². The molecule has 0 fully saturated rings. The first-order valence-corrected chi connectivity index (χ1v) is 8.56. The second-order valence-corrected chi connectivity index (χ2v) is 6.54. The number of benzene rings is 2. The summed E-state index contributed by atoms with van der Waals surface area (Å²) in [6.45, 7) is 6.55. The zero-order valence-electron chi connectivity index (χ0n) is 15.2. The number of hydrogen-bond acceptors (Lipinski definition) is 2. The summed E-state index contributed by atoms with van der Waals surface area (Å²) in [5.74, 6) is -0.448. The van der Waals surface area contributed by atoms with Gasteiger partial charge in [-0.1, -0.05) is 42.0 Å². The van der Waals surface area contributed by atoms with Crippen LogP contribution in [0.25, 0.3) is 0 Å². The Balaban J connectivity index is 1.73. The van der Waals surface area contributed by atoms with Crippen molar-refractivity contribution in [1.82, 2.24) is 9.78 Å². The molecule has 1 amide bonds. The van der Waals surface area contributed by atoms with Crippen LogP contribution in [0.3, 0.4) is 0 Å². The van der Waals surface area contributed by atoms with Crippen molar-refractivity contribution in [3.05, 3.63) is 82.4 Å². The van der Waals surface area contributed by atoms with E-state index in [9.17, 15) is 9.18 Å². The van der Waals surface area contributed by atoms with Gasteiger partial charge in [-0.15, -0.1) is 0 Å². The van der Waals surface area contributed by atoms with Gasteiger partial charge < -0.3 is 5.32 Å². The van der Waals surface area contributed by atoms with Crippen molar-refractivity contribution in [2.24, 2.45) is 0 Å². The van der Waals surface area contributed by atoms with Crippen LogP contribution >= 0.6 is 0 Å². The molecular weight excluding hydrogens is 329 g/mol. The third kappa shape index (κ3) is 4.17. The van der Waals surface area contributed by atoms with E-state index < -0.39 is 0 Å². The number of nitrogens with one attached hydrogen (secondary N) is 1. The minimum atomic E-state index is -0.307. The third-order valence-corrected chi connectivity index (χ3v) is 4.34. The number of amides is 1. The summed E-state index contributed by atoms with van der Waals surface area (Å²) in [5, 5.41) is 7.50. The van der Waals surface area contributed by atoms with Crippen LogP contribution in [0.15, 0.2) is 48.5 Å². The van der Waals surface area contributed by atoms with Crippen LogP contribution in [0.1, 0.15) is 28.1 Å². The van der Waals surface area contributed by atoms with Crippen molar-refractivity contribution in [1.29, 1.82) is 0 Å². The second-order valence-electron chi connectivity index (χ2n) is 6.54. The van der Waals surface area contributed by atoms with Crippen molar-refractivity contribution in [3.63, 3.8) is 0 Å². The monoisotopic (exact) mass is 351 g/mol. The molecule has 0 aliphatic rings. The average molecular weight is 351 g/mol. The summed E-state index contributed by atoms with van der Waals surface area (Å²) in [5.41, 5.74) is 5.58. The van der Waals surface area contributed by atoms with Crippen molar-refractivity contribution in [2.75, 3.05) is 5.32 Å². The van der Waals surface area contributed by atoms with Gasteiger partial charge in [0.2, 0.25) is 5.91 Å². The van der Waals surface area contributed by atoms with Crippen molar-refractivity contribution in [3.8, 4) is 0 Å². The Morgan fingerprint density at radius 2 is 1.81 bits per heavy atom. The summed E-state index contributed by atoms with van der Waals surface area (Å²) in [6.07, 6.45) is 0.197. The number of anilines is 1. The number of rotatable bonds is 5. The van der Waals surface area contributed by atoms with Crippen molar-refractivity contribution in [2.45, 2.75) is 33.7 Å². The molecule has 0 saturated heterocycles. The molecule has 0 bridgehead atoms. The zero-order valence-corrected chi connectivity index (χ0v) is 15.2. The predicted molar refractivity (Wildman–Crippen MR) is 101 cm³/mol. The summed E-state index contributed by atoms with van der Waals surface area (Å²) < 4.78 is 14.9. The first-order valence-electron chi connectivity index (χ1n) is 8.56. The van der Waals surface area contributed by atoms with Gasteiger partial charge in [-0.25, -0.2) is 4.39 Å². The molecule has 0 aliphatic heterocycles. The highest BCUT2D eigenvalue weighted by atomic mass is 19.1. The Bertz CT molecular complexity index is 929. The maximum absolute atomic E-state index is 13.0. The fourth-order valence-corrected chi connectivity index (χ4v) is 2.99. The van der Waals surface area contributed by atoms with E-state index in [0.717, 1.165) is 22.6 Å². The maximum atomic E-state index is 13.0. The molecule has 0 atom stereocenters. The van der Waals surface area contributed by atoms with E-state index in [2.05, 4.69) is 35.5 Å². The Morgan fingerprint density at radius 3 is 2.50 bits per heavy atom. The lowest BCUT2D eigenvalue weighted by Gasteiger charge is -2.08. The molecule has 3 rings (SSSR count). The molecular formula is C21H22FN3O. The summed E-state index contributed by atoms with van der Waals surface area (Å²) in [6, 6.07) is 14.2. The van der Waals surface area contributed by atoms with Gasteiger partial charge >= 0.3 is 0 Å². The molecule has 2 aromatic carbocycles. The lowest BCUT2D eigenvalue weighted by atomic mass is 10.1. The lowest BCUT2D eigenvalue weighted by Crippen LogP contribution is -2.15. The fourth-order valence-electron chi connectivity index (χ4n) is 2.99. The quantitative estimate of drug-likeness (QED) is 0.750. The molecule has 3 aromatic rings. The van der Waals surface area contributed by atoms with Crippen molar-refractivity contribution < 1.29 is 9.18 Å². The maximum Gasteiger partial charge on any atom is 0.228 e. The van der Waals surface area contributed by atoms with E-state index >= 15 is 0 Å². The van der Waals surface area contributed by atoms with E-state index in [0.29, 0.717) is 6.54 Å². The van der Waals surface area contributed by atoms with Crippen LogP contribution in [0.4, 0.5) is 10.1 Å². The molecule has 0 spiro atoms. The number of hydrogen-bond donors (Lipinski definition) is 1. The first-order chi connectivity index (χ1) is 12.4. The highest BCUT2D eigenvalue weighted by molar-refractivity contribution is 5.93. The molecule has 1 heterocycles.